The lowest BCUT2D eigenvalue weighted by Gasteiger charge is -2.18. The summed E-state index contributed by atoms with van der Waals surface area (Å²) in [5.41, 5.74) is 10.4. The molecule has 6 N–H and O–H groups in total. The third kappa shape index (κ3) is 4.71. The molecule has 8 nitrogen and oxygen atoms in total. The summed E-state index contributed by atoms with van der Waals surface area (Å²) in [5, 5.41) is 16.9. The van der Waals surface area contributed by atoms with Gasteiger partial charge in [-0.3, -0.25) is 14.4 Å². The van der Waals surface area contributed by atoms with E-state index in [0.717, 1.165) is 0 Å². The molecule has 0 rings (SSSR count). The molecule has 0 aromatic heterocycles. The van der Waals surface area contributed by atoms with E-state index in [1.165, 1.54) is 6.92 Å². The average molecular weight is 234 g/mol. The standard InChI is InChI=1S/C8H14N2O6/c1-3(6(10)7(13)14)16-8(15)4(9)2-5(11)12/h3-4,6H,2,9-10H2,1H3,(H,11,12)(H,13,14). The van der Waals surface area contributed by atoms with Gasteiger partial charge in [-0.1, -0.05) is 0 Å². The molecule has 0 aromatic rings. The van der Waals surface area contributed by atoms with Crippen molar-refractivity contribution in [2.24, 2.45) is 11.5 Å². The molecule has 0 spiro atoms. The Morgan fingerprint density at radius 1 is 1.25 bits per heavy atom. The molecular formula is C8H14N2O6. The molecule has 3 atom stereocenters. The maximum Gasteiger partial charge on any atom is 0.324 e. The predicted octanol–water partition coefficient (Wildman–Crippen LogP) is -1.87. The van der Waals surface area contributed by atoms with Crippen molar-refractivity contribution in [1.29, 1.82) is 0 Å². The molecule has 0 bridgehead atoms. The van der Waals surface area contributed by atoms with Crippen molar-refractivity contribution >= 4 is 17.9 Å². The number of carbonyl (C=O) groups is 3. The SMILES string of the molecule is CC(OC(=O)C(N)CC(=O)O)C(N)C(=O)O. The Balaban J connectivity index is 4.23. The van der Waals surface area contributed by atoms with Gasteiger partial charge in [-0.25, -0.2) is 0 Å². The maximum absolute atomic E-state index is 11.2. The van der Waals surface area contributed by atoms with E-state index in [1.54, 1.807) is 0 Å². The van der Waals surface area contributed by atoms with Crippen LogP contribution in [0.3, 0.4) is 0 Å². The molecule has 0 saturated heterocycles. The number of aliphatic carboxylic acids is 2. The highest BCUT2D eigenvalue weighted by Crippen LogP contribution is 2.01. The van der Waals surface area contributed by atoms with Crippen LogP contribution >= 0.6 is 0 Å². The summed E-state index contributed by atoms with van der Waals surface area (Å²) in [4.78, 5) is 31.8. The lowest BCUT2D eigenvalue weighted by molar-refractivity contribution is -0.157. The largest absolute Gasteiger partial charge is 0.481 e. The highest BCUT2D eigenvalue weighted by Gasteiger charge is 2.26. The molecule has 8 heteroatoms. The Kier molecular flexibility index (Phi) is 5.40. The van der Waals surface area contributed by atoms with Gasteiger partial charge in [0.05, 0.1) is 6.42 Å². The van der Waals surface area contributed by atoms with Gasteiger partial charge in [0.2, 0.25) is 0 Å². The molecular weight excluding hydrogens is 220 g/mol. The van der Waals surface area contributed by atoms with Crippen LogP contribution in [0, 0.1) is 0 Å². The molecule has 3 unspecified atom stereocenters. The quantitative estimate of drug-likeness (QED) is 0.390. The minimum Gasteiger partial charge on any atom is -0.481 e. The minimum atomic E-state index is -1.37. The summed E-state index contributed by atoms with van der Waals surface area (Å²) >= 11 is 0. The Bertz CT molecular complexity index is 292. The number of carboxylic acid groups (broad SMARTS) is 2. The Labute approximate surface area is 91.2 Å². The van der Waals surface area contributed by atoms with E-state index in [0.29, 0.717) is 0 Å². The second kappa shape index (κ2) is 6.03. The first-order chi connectivity index (χ1) is 7.25. The fraction of sp³-hybridized carbons (Fsp3) is 0.625. The zero-order valence-corrected chi connectivity index (χ0v) is 8.62. The lowest BCUT2D eigenvalue weighted by Crippen LogP contribution is -2.45. The molecule has 0 radical (unpaired) electrons. The van der Waals surface area contributed by atoms with Crippen molar-refractivity contribution in [2.45, 2.75) is 31.5 Å². The van der Waals surface area contributed by atoms with Crippen molar-refractivity contribution in [2.75, 3.05) is 0 Å². The molecule has 92 valence electrons. The number of hydrogen-bond acceptors (Lipinski definition) is 6. The number of nitrogens with two attached hydrogens (primary N) is 2. The molecule has 0 aliphatic rings. The second-order valence-corrected chi connectivity index (χ2v) is 3.21. The molecule has 16 heavy (non-hydrogen) atoms. The van der Waals surface area contributed by atoms with Crippen LogP contribution < -0.4 is 11.5 Å². The number of carboxylic acids is 2. The first-order valence-electron chi connectivity index (χ1n) is 4.42. The summed E-state index contributed by atoms with van der Waals surface area (Å²) in [7, 11) is 0. The zero-order valence-electron chi connectivity index (χ0n) is 8.62. The zero-order chi connectivity index (χ0) is 12.9. The number of esters is 1. The summed E-state index contributed by atoms with van der Waals surface area (Å²) < 4.78 is 4.60. The summed E-state index contributed by atoms with van der Waals surface area (Å²) in [5.74, 6) is -3.57. The van der Waals surface area contributed by atoms with Crippen LogP contribution in [0.25, 0.3) is 0 Å². The summed E-state index contributed by atoms with van der Waals surface area (Å²) in [6, 6.07) is -2.71. The minimum absolute atomic E-state index is 0.589. The Morgan fingerprint density at radius 2 is 1.75 bits per heavy atom. The lowest BCUT2D eigenvalue weighted by atomic mass is 10.2. The van der Waals surface area contributed by atoms with Crippen LogP contribution in [0.5, 0.6) is 0 Å². The van der Waals surface area contributed by atoms with E-state index in [2.05, 4.69) is 4.74 Å². The fourth-order valence-electron chi connectivity index (χ4n) is 0.816. The van der Waals surface area contributed by atoms with E-state index >= 15 is 0 Å². The van der Waals surface area contributed by atoms with Gasteiger partial charge >= 0.3 is 17.9 Å². The number of ether oxygens (including phenoxy) is 1. The van der Waals surface area contributed by atoms with Crippen LogP contribution in [0.4, 0.5) is 0 Å². The topological polar surface area (TPSA) is 153 Å². The smallest absolute Gasteiger partial charge is 0.324 e. The first kappa shape index (κ1) is 14.3. The highest BCUT2D eigenvalue weighted by molar-refractivity contribution is 5.82. The Morgan fingerprint density at radius 3 is 2.12 bits per heavy atom. The predicted molar refractivity (Wildman–Crippen MR) is 51.4 cm³/mol. The average Bonchev–Trinajstić information content (AvgIpc) is 2.14. The molecule has 0 heterocycles. The van der Waals surface area contributed by atoms with Gasteiger partial charge in [0.25, 0.3) is 0 Å². The van der Waals surface area contributed by atoms with Crippen LogP contribution in [0.15, 0.2) is 0 Å². The molecule has 0 amide bonds. The van der Waals surface area contributed by atoms with Gasteiger partial charge in [-0.2, -0.15) is 0 Å². The van der Waals surface area contributed by atoms with Crippen molar-refractivity contribution in [3.8, 4) is 0 Å². The van der Waals surface area contributed by atoms with Gasteiger partial charge in [0, 0.05) is 0 Å². The first-order valence-corrected chi connectivity index (χ1v) is 4.42. The number of rotatable bonds is 6. The van der Waals surface area contributed by atoms with Gasteiger partial charge in [-0.15, -0.1) is 0 Å². The van der Waals surface area contributed by atoms with E-state index in [4.69, 9.17) is 21.7 Å². The van der Waals surface area contributed by atoms with E-state index in [9.17, 15) is 14.4 Å². The third-order valence-corrected chi connectivity index (χ3v) is 1.79. The molecule has 0 saturated carbocycles. The maximum atomic E-state index is 11.2. The molecule has 0 fully saturated rings. The fourth-order valence-corrected chi connectivity index (χ4v) is 0.816. The van der Waals surface area contributed by atoms with Crippen molar-refractivity contribution in [3.63, 3.8) is 0 Å². The second-order valence-electron chi connectivity index (χ2n) is 3.21. The van der Waals surface area contributed by atoms with Crippen molar-refractivity contribution in [1.82, 2.24) is 0 Å². The summed E-state index contributed by atoms with van der Waals surface area (Å²) in [6.07, 6.45) is -1.67. The van der Waals surface area contributed by atoms with E-state index in [-0.39, 0.29) is 0 Å². The van der Waals surface area contributed by atoms with Crippen LogP contribution in [-0.2, 0) is 19.1 Å². The van der Waals surface area contributed by atoms with E-state index in [1.807, 2.05) is 0 Å². The molecule has 0 aliphatic carbocycles. The van der Waals surface area contributed by atoms with Gasteiger partial charge < -0.3 is 26.4 Å². The van der Waals surface area contributed by atoms with Crippen LogP contribution in [0.2, 0.25) is 0 Å². The van der Waals surface area contributed by atoms with Gasteiger partial charge in [-0.05, 0) is 6.92 Å². The third-order valence-electron chi connectivity index (χ3n) is 1.79. The van der Waals surface area contributed by atoms with Crippen molar-refractivity contribution in [3.05, 3.63) is 0 Å². The van der Waals surface area contributed by atoms with Gasteiger partial charge in [0.15, 0.2) is 0 Å². The number of hydrogen-bond donors (Lipinski definition) is 4. The van der Waals surface area contributed by atoms with E-state index < -0.39 is 42.5 Å². The highest BCUT2D eigenvalue weighted by atomic mass is 16.5. The molecule has 0 aliphatic heterocycles. The van der Waals surface area contributed by atoms with Crippen LogP contribution in [0.1, 0.15) is 13.3 Å². The van der Waals surface area contributed by atoms with Gasteiger partial charge in [0.1, 0.15) is 18.2 Å². The molecule has 0 aromatic carbocycles. The monoisotopic (exact) mass is 234 g/mol. The normalized spacial score (nSPS) is 15.9. The van der Waals surface area contributed by atoms with Crippen molar-refractivity contribution < 1.29 is 29.3 Å². The number of carbonyl (C=O) groups excluding carboxylic acids is 1. The summed E-state index contributed by atoms with van der Waals surface area (Å²) in [6.45, 7) is 1.28. The van der Waals surface area contributed by atoms with Crippen LogP contribution in [-0.4, -0.2) is 46.3 Å². The Hall–Kier alpha value is -1.67.